The Morgan fingerprint density at radius 2 is 1.89 bits per heavy atom. The van der Waals surface area contributed by atoms with Crippen LogP contribution in [0.4, 0.5) is 5.69 Å². The summed E-state index contributed by atoms with van der Waals surface area (Å²) in [5.74, 6) is -0.441. The number of nitrogens with one attached hydrogen (secondary N) is 3. The summed E-state index contributed by atoms with van der Waals surface area (Å²) in [5.41, 5.74) is 6.06. The van der Waals surface area contributed by atoms with Gasteiger partial charge in [-0.2, -0.15) is 4.72 Å². The van der Waals surface area contributed by atoms with Crippen molar-refractivity contribution in [2.24, 2.45) is 11.7 Å². The smallest absolute Gasteiger partial charge is 0.269 e. The number of nitrogens with zero attached hydrogens (tertiary/aromatic N) is 2. The molecule has 1 aliphatic heterocycles. The van der Waals surface area contributed by atoms with Crippen molar-refractivity contribution in [2.45, 2.75) is 30.2 Å². The van der Waals surface area contributed by atoms with Gasteiger partial charge in [0.15, 0.2) is 5.96 Å². The molecule has 0 radical (unpaired) electrons. The van der Waals surface area contributed by atoms with Crippen LogP contribution in [0.25, 0.3) is 0 Å². The van der Waals surface area contributed by atoms with Gasteiger partial charge >= 0.3 is 0 Å². The molecule has 2 atom stereocenters. The Kier molecular flexibility index (Phi) is 9.02. The minimum atomic E-state index is -4.00. The third-order valence-electron chi connectivity index (χ3n) is 5.75. The molecule has 1 heterocycles. The second-order valence-corrected chi connectivity index (χ2v) is 11.3. The zero-order valence-electron chi connectivity index (χ0n) is 18.8. The third kappa shape index (κ3) is 7.60. The predicted molar refractivity (Wildman–Crippen MR) is 139 cm³/mol. The molecule has 13 heteroatoms. The molecule has 0 saturated carbocycles. The average Bonchev–Trinajstić information content (AvgIpc) is 2.82. The minimum absolute atomic E-state index is 0.0116. The summed E-state index contributed by atoms with van der Waals surface area (Å²) in [4.78, 5) is 25.3. The molecule has 5 N–H and O–H groups in total. The van der Waals surface area contributed by atoms with Crippen LogP contribution in [0.5, 0.6) is 0 Å². The first kappa shape index (κ1) is 26.8. The number of carbonyl (C=O) groups is 1. The number of benzene rings is 2. The monoisotopic (exact) mass is 614 g/mol. The van der Waals surface area contributed by atoms with Gasteiger partial charge < -0.3 is 16.0 Å². The van der Waals surface area contributed by atoms with Crippen LogP contribution in [-0.4, -0.2) is 55.8 Å². The molecule has 0 aromatic heterocycles. The SMILES string of the molecule is N=C(N)N1CCC[C@H](CNC(=O)[C@@H](Cc2ccc([N+](=O)[O-])cc2)NS(=O)(=O)c2ccc(I)cc2)C1. The van der Waals surface area contributed by atoms with E-state index in [0.29, 0.717) is 25.2 Å². The van der Waals surface area contributed by atoms with Crippen LogP contribution in [0.15, 0.2) is 53.4 Å². The number of piperidine rings is 1. The van der Waals surface area contributed by atoms with E-state index >= 15 is 0 Å². The first-order chi connectivity index (χ1) is 16.5. The zero-order chi connectivity index (χ0) is 25.6. The molecule has 1 aliphatic rings. The molecular formula is C22H27IN6O5S. The fourth-order valence-corrected chi connectivity index (χ4v) is 5.42. The molecule has 2 aromatic rings. The normalized spacial score (nSPS) is 16.9. The number of sulfonamides is 1. The topological polar surface area (TPSA) is 172 Å². The van der Waals surface area contributed by atoms with E-state index in [4.69, 9.17) is 11.1 Å². The van der Waals surface area contributed by atoms with E-state index in [1.54, 1.807) is 17.0 Å². The number of nitro groups is 1. The summed E-state index contributed by atoms with van der Waals surface area (Å²) in [6.07, 6.45) is 1.70. The van der Waals surface area contributed by atoms with Crippen molar-refractivity contribution in [1.82, 2.24) is 14.9 Å². The highest BCUT2D eigenvalue weighted by Gasteiger charge is 2.28. The number of carbonyl (C=O) groups excluding carboxylic acids is 1. The van der Waals surface area contributed by atoms with Gasteiger partial charge in [-0.15, -0.1) is 0 Å². The van der Waals surface area contributed by atoms with Gasteiger partial charge in [0, 0.05) is 35.3 Å². The van der Waals surface area contributed by atoms with E-state index in [0.717, 1.165) is 16.4 Å². The molecule has 1 saturated heterocycles. The molecule has 0 unspecified atom stereocenters. The Hall–Kier alpha value is -2.78. The van der Waals surface area contributed by atoms with Crippen molar-refractivity contribution in [3.63, 3.8) is 0 Å². The Bertz CT molecular complexity index is 1170. The number of likely N-dealkylation sites (tertiary alicyclic amines) is 1. The quantitative estimate of drug-likeness (QED) is 0.110. The van der Waals surface area contributed by atoms with E-state index in [9.17, 15) is 23.3 Å². The minimum Gasteiger partial charge on any atom is -0.370 e. The van der Waals surface area contributed by atoms with E-state index < -0.39 is 26.9 Å². The van der Waals surface area contributed by atoms with Crippen LogP contribution in [0.2, 0.25) is 0 Å². The van der Waals surface area contributed by atoms with Gasteiger partial charge in [-0.05, 0) is 77.6 Å². The van der Waals surface area contributed by atoms with E-state index in [1.807, 2.05) is 0 Å². The maximum Gasteiger partial charge on any atom is 0.269 e. The van der Waals surface area contributed by atoms with Crippen LogP contribution in [-0.2, 0) is 21.2 Å². The lowest BCUT2D eigenvalue weighted by Crippen LogP contribution is -2.51. The summed E-state index contributed by atoms with van der Waals surface area (Å²) in [7, 11) is -4.00. The Morgan fingerprint density at radius 3 is 2.49 bits per heavy atom. The largest absolute Gasteiger partial charge is 0.370 e. The second kappa shape index (κ2) is 11.8. The highest BCUT2D eigenvalue weighted by molar-refractivity contribution is 14.1. The maximum absolute atomic E-state index is 13.1. The Morgan fingerprint density at radius 1 is 1.23 bits per heavy atom. The van der Waals surface area contributed by atoms with Crippen LogP contribution in [0, 0.1) is 25.0 Å². The second-order valence-electron chi connectivity index (χ2n) is 8.34. The van der Waals surface area contributed by atoms with Crippen molar-refractivity contribution in [1.29, 1.82) is 5.41 Å². The third-order valence-corrected chi connectivity index (χ3v) is 7.96. The first-order valence-corrected chi connectivity index (χ1v) is 13.5. The zero-order valence-corrected chi connectivity index (χ0v) is 21.8. The Balaban J connectivity index is 1.75. The summed E-state index contributed by atoms with van der Waals surface area (Å²) in [6, 6.07) is 10.7. The van der Waals surface area contributed by atoms with Gasteiger partial charge in [0.2, 0.25) is 15.9 Å². The molecule has 35 heavy (non-hydrogen) atoms. The number of rotatable bonds is 9. The molecule has 1 fully saturated rings. The highest BCUT2D eigenvalue weighted by Crippen LogP contribution is 2.18. The molecule has 3 rings (SSSR count). The van der Waals surface area contributed by atoms with Gasteiger partial charge in [-0.1, -0.05) is 12.1 Å². The number of amides is 1. The number of nitrogens with two attached hydrogens (primary N) is 1. The summed E-state index contributed by atoms with van der Waals surface area (Å²) >= 11 is 2.07. The molecule has 0 bridgehead atoms. The summed E-state index contributed by atoms with van der Waals surface area (Å²) < 4.78 is 29.3. The lowest BCUT2D eigenvalue weighted by atomic mass is 9.98. The van der Waals surface area contributed by atoms with E-state index in [1.165, 1.54) is 36.4 Å². The first-order valence-electron chi connectivity index (χ1n) is 10.9. The fraction of sp³-hybridized carbons (Fsp3) is 0.364. The molecule has 11 nitrogen and oxygen atoms in total. The van der Waals surface area contributed by atoms with Crippen molar-refractivity contribution >= 4 is 50.2 Å². The van der Waals surface area contributed by atoms with Gasteiger partial charge in [0.05, 0.1) is 9.82 Å². The van der Waals surface area contributed by atoms with E-state index in [-0.39, 0.29) is 28.9 Å². The maximum atomic E-state index is 13.1. The molecule has 188 valence electrons. The van der Waals surface area contributed by atoms with Crippen LogP contribution in [0.3, 0.4) is 0 Å². The summed E-state index contributed by atoms with van der Waals surface area (Å²) in [6.45, 7) is 1.54. The lowest BCUT2D eigenvalue weighted by molar-refractivity contribution is -0.384. The van der Waals surface area contributed by atoms with Crippen molar-refractivity contribution < 1.29 is 18.1 Å². The highest BCUT2D eigenvalue weighted by atomic mass is 127. The van der Waals surface area contributed by atoms with Crippen LogP contribution >= 0.6 is 22.6 Å². The molecule has 2 aromatic carbocycles. The predicted octanol–water partition coefficient (Wildman–Crippen LogP) is 1.81. The number of nitro benzene ring substituents is 1. The average molecular weight is 614 g/mol. The van der Waals surface area contributed by atoms with Crippen molar-refractivity contribution in [2.75, 3.05) is 19.6 Å². The Labute approximate surface area is 217 Å². The fourth-order valence-electron chi connectivity index (χ4n) is 3.87. The molecule has 0 spiro atoms. The molecule has 0 aliphatic carbocycles. The van der Waals surface area contributed by atoms with Crippen LogP contribution < -0.4 is 15.8 Å². The van der Waals surface area contributed by atoms with E-state index in [2.05, 4.69) is 32.6 Å². The molecule has 1 amide bonds. The number of non-ortho nitro benzene ring substituents is 1. The standard InChI is InChI=1S/C22H27IN6O5S/c23-17-5-9-19(10-6-17)35(33,34)27-20(12-15-3-7-18(8-4-15)29(31)32)21(30)26-13-16-2-1-11-28(14-16)22(24)25/h3-10,16,20,27H,1-2,11-14H2,(H3,24,25)(H,26,30)/t16-,20-/m1/s1. The number of guanidine groups is 1. The lowest BCUT2D eigenvalue weighted by Gasteiger charge is -2.33. The van der Waals surface area contributed by atoms with Gasteiger partial charge in [-0.3, -0.25) is 20.3 Å². The van der Waals surface area contributed by atoms with Gasteiger partial charge in [-0.25, -0.2) is 8.42 Å². The number of halogens is 1. The summed E-state index contributed by atoms with van der Waals surface area (Å²) in [5, 5.41) is 21.4. The van der Waals surface area contributed by atoms with Crippen LogP contribution in [0.1, 0.15) is 18.4 Å². The number of hydrogen-bond donors (Lipinski definition) is 4. The molecular weight excluding hydrogens is 587 g/mol. The number of hydrogen-bond acceptors (Lipinski definition) is 6. The van der Waals surface area contributed by atoms with Gasteiger partial charge in [0.25, 0.3) is 5.69 Å². The van der Waals surface area contributed by atoms with Gasteiger partial charge in [0.1, 0.15) is 6.04 Å². The van der Waals surface area contributed by atoms with Crippen molar-refractivity contribution in [3.8, 4) is 0 Å². The van der Waals surface area contributed by atoms with Crippen molar-refractivity contribution in [3.05, 3.63) is 67.8 Å².